The zero-order valence-corrected chi connectivity index (χ0v) is 10.3. The van der Waals surface area contributed by atoms with Crippen molar-refractivity contribution in [3.05, 3.63) is 23.8 Å². The van der Waals surface area contributed by atoms with Crippen LogP contribution in [0.4, 0.5) is 13.2 Å². The fourth-order valence-corrected chi connectivity index (χ4v) is 1.45. The molecule has 1 aromatic rings. The van der Waals surface area contributed by atoms with Crippen LogP contribution < -0.4 is 9.47 Å². The molecule has 0 spiro atoms. The standard InChI is InChI=1S/C11H12ClF3O3/c1-16-9-2-3-10(8(6-9)7-12)17-4-5-18-11(13,14)15/h2-3,6H,4-5,7H2,1H3. The van der Waals surface area contributed by atoms with Crippen molar-refractivity contribution in [3.63, 3.8) is 0 Å². The van der Waals surface area contributed by atoms with Crippen molar-refractivity contribution < 1.29 is 27.4 Å². The van der Waals surface area contributed by atoms with Crippen molar-refractivity contribution in [2.45, 2.75) is 12.2 Å². The normalized spacial score (nSPS) is 11.4. The Morgan fingerprint density at radius 1 is 1.22 bits per heavy atom. The van der Waals surface area contributed by atoms with Crippen molar-refractivity contribution in [1.29, 1.82) is 0 Å². The summed E-state index contributed by atoms with van der Waals surface area (Å²) in [5.41, 5.74) is 0.642. The quantitative estimate of drug-likeness (QED) is 0.592. The fraction of sp³-hybridized carbons (Fsp3) is 0.455. The van der Waals surface area contributed by atoms with Crippen molar-refractivity contribution in [1.82, 2.24) is 0 Å². The maximum atomic E-state index is 11.7. The van der Waals surface area contributed by atoms with Crippen molar-refractivity contribution in [2.75, 3.05) is 20.3 Å². The molecule has 0 aliphatic rings. The lowest BCUT2D eigenvalue weighted by Gasteiger charge is -2.12. The van der Waals surface area contributed by atoms with E-state index in [4.69, 9.17) is 21.1 Å². The molecule has 1 aromatic carbocycles. The molecule has 3 nitrogen and oxygen atoms in total. The minimum absolute atomic E-state index is 0.173. The van der Waals surface area contributed by atoms with Crippen LogP contribution in [0.2, 0.25) is 0 Å². The molecule has 0 radical (unpaired) electrons. The van der Waals surface area contributed by atoms with Gasteiger partial charge in [0.05, 0.1) is 19.6 Å². The first kappa shape index (κ1) is 14.9. The smallest absolute Gasteiger partial charge is 0.497 e. The van der Waals surface area contributed by atoms with Gasteiger partial charge in [-0.05, 0) is 18.2 Å². The van der Waals surface area contributed by atoms with Gasteiger partial charge in [0.1, 0.15) is 18.1 Å². The van der Waals surface area contributed by atoms with E-state index in [1.54, 1.807) is 18.2 Å². The summed E-state index contributed by atoms with van der Waals surface area (Å²) in [7, 11) is 1.51. The molecule has 0 unspecified atom stereocenters. The zero-order valence-electron chi connectivity index (χ0n) is 9.59. The second-order valence-corrected chi connectivity index (χ2v) is 3.52. The fourth-order valence-electron chi connectivity index (χ4n) is 1.24. The predicted molar refractivity (Wildman–Crippen MR) is 60.1 cm³/mol. The van der Waals surface area contributed by atoms with E-state index in [0.29, 0.717) is 17.1 Å². The van der Waals surface area contributed by atoms with Crippen molar-refractivity contribution >= 4 is 11.6 Å². The molecule has 0 bridgehead atoms. The van der Waals surface area contributed by atoms with Crippen LogP contribution in [0.25, 0.3) is 0 Å². The third-order valence-electron chi connectivity index (χ3n) is 2.02. The first-order valence-electron chi connectivity index (χ1n) is 5.02. The van der Waals surface area contributed by atoms with Gasteiger partial charge in [-0.1, -0.05) is 0 Å². The molecular weight excluding hydrogens is 273 g/mol. The number of methoxy groups -OCH3 is 1. The maximum Gasteiger partial charge on any atom is 0.522 e. The van der Waals surface area contributed by atoms with E-state index < -0.39 is 13.0 Å². The van der Waals surface area contributed by atoms with Crippen LogP contribution in [0.15, 0.2) is 18.2 Å². The van der Waals surface area contributed by atoms with Crippen molar-refractivity contribution in [2.24, 2.45) is 0 Å². The van der Waals surface area contributed by atoms with Crippen LogP contribution in [-0.2, 0) is 10.6 Å². The Hall–Kier alpha value is -1.14. The van der Waals surface area contributed by atoms with Crippen LogP contribution >= 0.6 is 11.6 Å². The third kappa shape index (κ3) is 5.01. The highest BCUT2D eigenvalue weighted by Gasteiger charge is 2.28. The summed E-state index contributed by atoms with van der Waals surface area (Å²) in [5, 5.41) is 0. The molecule has 0 saturated carbocycles. The van der Waals surface area contributed by atoms with E-state index in [1.165, 1.54) is 7.11 Å². The summed E-state index contributed by atoms with van der Waals surface area (Å²) in [4.78, 5) is 0. The Morgan fingerprint density at radius 3 is 2.50 bits per heavy atom. The van der Waals surface area contributed by atoms with E-state index in [-0.39, 0.29) is 12.5 Å². The third-order valence-corrected chi connectivity index (χ3v) is 2.31. The van der Waals surface area contributed by atoms with Crippen LogP contribution in [0.3, 0.4) is 0 Å². The van der Waals surface area contributed by atoms with Gasteiger partial charge in [-0.25, -0.2) is 0 Å². The second-order valence-electron chi connectivity index (χ2n) is 3.25. The van der Waals surface area contributed by atoms with Gasteiger partial charge in [0.25, 0.3) is 0 Å². The van der Waals surface area contributed by atoms with E-state index in [9.17, 15) is 13.2 Å². The topological polar surface area (TPSA) is 27.7 Å². The number of benzene rings is 1. The molecule has 0 aromatic heterocycles. The Bertz CT molecular complexity index is 382. The first-order valence-corrected chi connectivity index (χ1v) is 5.56. The van der Waals surface area contributed by atoms with Gasteiger partial charge < -0.3 is 9.47 Å². The van der Waals surface area contributed by atoms with E-state index in [2.05, 4.69) is 4.74 Å². The number of rotatable bonds is 6. The monoisotopic (exact) mass is 284 g/mol. The molecule has 0 amide bonds. The number of ether oxygens (including phenoxy) is 3. The molecule has 0 saturated heterocycles. The lowest BCUT2D eigenvalue weighted by molar-refractivity contribution is -0.325. The van der Waals surface area contributed by atoms with Gasteiger partial charge in [-0.15, -0.1) is 24.8 Å². The Kier molecular flexibility index (Phi) is 5.55. The summed E-state index contributed by atoms with van der Waals surface area (Å²) in [6.45, 7) is -0.785. The Morgan fingerprint density at radius 2 is 1.94 bits per heavy atom. The maximum absolute atomic E-state index is 11.7. The van der Waals surface area contributed by atoms with Gasteiger partial charge in [0.2, 0.25) is 0 Å². The molecule has 102 valence electrons. The van der Waals surface area contributed by atoms with E-state index >= 15 is 0 Å². The average molecular weight is 285 g/mol. The van der Waals surface area contributed by atoms with Gasteiger partial charge in [-0.3, -0.25) is 4.74 Å². The van der Waals surface area contributed by atoms with E-state index in [0.717, 1.165) is 0 Å². The molecule has 0 fully saturated rings. The number of hydrogen-bond donors (Lipinski definition) is 0. The highest BCUT2D eigenvalue weighted by molar-refractivity contribution is 6.17. The Labute approximate surface area is 107 Å². The number of alkyl halides is 4. The second kappa shape index (κ2) is 6.70. The minimum Gasteiger partial charge on any atom is -0.497 e. The lowest BCUT2D eigenvalue weighted by atomic mass is 10.2. The van der Waals surface area contributed by atoms with Crippen LogP contribution in [0.5, 0.6) is 11.5 Å². The number of halogens is 4. The van der Waals surface area contributed by atoms with Crippen LogP contribution in [0.1, 0.15) is 5.56 Å². The molecule has 18 heavy (non-hydrogen) atoms. The molecular formula is C11H12ClF3O3. The highest BCUT2D eigenvalue weighted by atomic mass is 35.5. The van der Waals surface area contributed by atoms with Gasteiger partial charge in [0.15, 0.2) is 0 Å². The zero-order chi connectivity index (χ0) is 13.6. The number of hydrogen-bond acceptors (Lipinski definition) is 3. The summed E-state index contributed by atoms with van der Waals surface area (Å²) in [5.74, 6) is 1.19. The Balaban J connectivity index is 2.51. The minimum atomic E-state index is -4.64. The van der Waals surface area contributed by atoms with Crippen LogP contribution in [-0.4, -0.2) is 26.7 Å². The summed E-state index contributed by atoms with van der Waals surface area (Å²) in [6.07, 6.45) is -4.64. The molecule has 7 heteroatoms. The lowest BCUT2D eigenvalue weighted by Crippen LogP contribution is -2.18. The summed E-state index contributed by atoms with van der Waals surface area (Å²) < 4.78 is 48.9. The predicted octanol–water partition coefficient (Wildman–Crippen LogP) is 3.35. The summed E-state index contributed by atoms with van der Waals surface area (Å²) >= 11 is 5.70. The molecule has 0 aliphatic carbocycles. The van der Waals surface area contributed by atoms with Gasteiger partial charge >= 0.3 is 6.36 Å². The largest absolute Gasteiger partial charge is 0.522 e. The first-order chi connectivity index (χ1) is 8.46. The van der Waals surface area contributed by atoms with Crippen LogP contribution in [0, 0.1) is 0 Å². The van der Waals surface area contributed by atoms with E-state index in [1.807, 2.05) is 0 Å². The van der Waals surface area contributed by atoms with Gasteiger partial charge in [0, 0.05) is 5.56 Å². The summed E-state index contributed by atoms with van der Waals surface area (Å²) in [6, 6.07) is 4.88. The molecule has 0 heterocycles. The van der Waals surface area contributed by atoms with Crippen molar-refractivity contribution in [3.8, 4) is 11.5 Å². The molecule has 0 N–H and O–H groups in total. The molecule has 0 aliphatic heterocycles. The van der Waals surface area contributed by atoms with Gasteiger partial charge in [-0.2, -0.15) is 0 Å². The molecule has 1 rings (SSSR count). The molecule has 0 atom stereocenters. The SMILES string of the molecule is COc1ccc(OCCOC(F)(F)F)c(CCl)c1. The average Bonchev–Trinajstić information content (AvgIpc) is 2.33. The highest BCUT2D eigenvalue weighted by Crippen LogP contribution is 2.25.